The fraction of sp³-hybridized carbons (Fsp3) is 0.0357. The molecule has 11 rings (SSSR count). The van der Waals surface area contributed by atoms with Gasteiger partial charge in [-0.25, -0.2) is 29.9 Å². The Hall–Kier alpha value is -8.22. The summed E-state index contributed by atoms with van der Waals surface area (Å²) in [6, 6.07) is 66.9. The van der Waals surface area contributed by atoms with Crippen LogP contribution in [0.3, 0.4) is 0 Å². The summed E-state index contributed by atoms with van der Waals surface area (Å²) in [6.45, 7) is 0. The maximum absolute atomic E-state index is 4.99. The van der Waals surface area contributed by atoms with Gasteiger partial charge in [-0.2, -0.15) is 0 Å². The summed E-state index contributed by atoms with van der Waals surface area (Å²) in [5.41, 5.74) is 10.7. The summed E-state index contributed by atoms with van der Waals surface area (Å²) in [4.78, 5) is 29.6. The first-order chi connectivity index (χ1) is 30.7. The van der Waals surface area contributed by atoms with E-state index in [1.54, 1.807) is 0 Å². The van der Waals surface area contributed by atoms with Crippen molar-refractivity contribution in [3.05, 3.63) is 218 Å². The molecule has 10 aromatic rings. The lowest BCUT2D eigenvalue weighted by Crippen LogP contribution is -2.04. The smallest absolute Gasteiger partial charge is 0.164 e. The van der Waals surface area contributed by atoms with Gasteiger partial charge in [0.15, 0.2) is 34.9 Å². The molecule has 0 spiro atoms. The molecule has 2 heterocycles. The van der Waals surface area contributed by atoms with Crippen molar-refractivity contribution < 1.29 is 0 Å². The topological polar surface area (TPSA) is 77.3 Å². The summed E-state index contributed by atoms with van der Waals surface area (Å²) in [7, 11) is 0. The van der Waals surface area contributed by atoms with Crippen LogP contribution in [0, 0.1) is 0 Å². The Labute approximate surface area is 359 Å². The van der Waals surface area contributed by atoms with Crippen LogP contribution in [0.1, 0.15) is 24.2 Å². The van der Waals surface area contributed by atoms with E-state index in [-0.39, 0.29) is 0 Å². The maximum Gasteiger partial charge on any atom is 0.164 e. The number of fused-ring (bicyclic) bond motifs is 3. The van der Waals surface area contributed by atoms with E-state index in [2.05, 4.69) is 84.9 Å². The molecule has 0 atom stereocenters. The van der Waals surface area contributed by atoms with Crippen LogP contribution in [-0.4, -0.2) is 29.9 Å². The van der Waals surface area contributed by atoms with Gasteiger partial charge in [0.2, 0.25) is 0 Å². The Kier molecular flexibility index (Phi) is 9.56. The van der Waals surface area contributed by atoms with Crippen LogP contribution >= 0.6 is 0 Å². The molecule has 2 aromatic heterocycles. The Bertz CT molecular complexity index is 3190. The van der Waals surface area contributed by atoms with E-state index in [0.717, 1.165) is 57.6 Å². The number of hydrogen-bond acceptors (Lipinski definition) is 6. The van der Waals surface area contributed by atoms with Gasteiger partial charge in [-0.1, -0.05) is 206 Å². The third kappa shape index (κ3) is 7.14. The summed E-state index contributed by atoms with van der Waals surface area (Å²) in [5.74, 6) is 4.02. The molecule has 6 heteroatoms. The van der Waals surface area contributed by atoms with Crippen molar-refractivity contribution in [3.8, 4) is 68.1 Å². The molecule has 0 fully saturated rings. The molecule has 0 bridgehead atoms. The molecule has 0 N–H and O–H groups in total. The fourth-order valence-electron chi connectivity index (χ4n) is 8.39. The van der Waals surface area contributed by atoms with Crippen LogP contribution in [0.4, 0.5) is 0 Å². The van der Waals surface area contributed by atoms with Crippen molar-refractivity contribution in [2.45, 2.75) is 12.8 Å². The minimum Gasteiger partial charge on any atom is -0.209 e. The lowest BCUT2D eigenvalue weighted by Gasteiger charge is -2.18. The second-order valence-corrected chi connectivity index (χ2v) is 15.4. The Morgan fingerprint density at radius 3 is 0.984 bits per heavy atom. The first-order valence-electron chi connectivity index (χ1n) is 20.9. The van der Waals surface area contributed by atoms with Gasteiger partial charge in [0.25, 0.3) is 0 Å². The summed E-state index contributed by atoms with van der Waals surface area (Å²) < 4.78 is 0. The predicted molar refractivity (Wildman–Crippen MR) is 252 cm³/mol. The third-order valence-electron chi connectivity index (χ3n) is 11.6. The van der Waals surface area contributed by atoms with Gasteiger partial charge in [0.1, 0.15) is 0 Å². The number of allylic oxidation sites excluding steroid dienone is 4. The molecule has 0 radical (unpaired) electrons. The van der Waals surface area contributed by atoms with E-state index in [9.17, 15) is 0 Å². The Morgan fingerprint density at radius 2 is 0.565 bits per heavy atom. The molecule has 8 aromatic carbocycles. The van der Waals surface area contributed by atoms with Crippen molar-refractivity contribution in [2.24, 2.45) is 0 Å². The standard InChI is InChI=1S/C56H38N6/c1-5-15-39(16-6-1)51-57-52(40-17-7-2-8-18-40)60-55(59-51)43-31-27-37(28-32-43)45-23-13-25-47-48-26-14-24-46(50(48)36-35-49(45)47)38-29-33-44(34-30-38)56-61-53(41-19-9-3-10-20-41)58-54(62-56)42-21-11-4-12-22-42/h1-29,31-33,35-36H,30,34H2. The van der Waals surface area contributed by atoms with Crippen LogP contribution in [0.15, 0.2) is 206 Å². The molecule has 0 saturated heterocycles. The zero-order chi connectivity index (χ0) is 41.2. The van der Waals surface area contributed by atoms with Crippen molar-refractivity contribution in [1.82, 2.24) is 29.9 Å². The SMILES string of the molecule is C1=C(c2nc(-c3ccccc3)nc(-c3ccccc3)n2)CCC(c2cccc3c2ccc2c(-c4ccc(-c5nc(-c6ccccc6)nc(-c6ccccc6)n5)cc4)cccc23)=C1. The number of aromatic nitrogens is 6. The number of nitrogens with zero attached hydrogens (tertiary/aromatic N) is 6. The predicted octanol–water partition coefficient (Wildman–Crippen LogP) is 13.6. The zero-order valence-electron chi connectivity index (χ0n) is 33.7. The van der Waals surface area contributed by atoms with Crippen LogP contribution in [0.5, 0.6) is 0 Å². The summed E-state index contributed by atoms with van der Waals surface area (Å²) in [6.07, 6.45) is 6.15. The number of benzene rings is 8. The maximum atomic E-state index is 4.99. The highest BCUT2D eigenvalue weighted by Gasteiger charge is 2.19. The summed E-state index contributed by atoms with van der Waals surface area (Å²) in [5, 5.41) is 4.91. The van der Waals surface area contributed by atoms with Crippen LogP contribution < -0.4 is 0 Å². The fourth-order valence-corrected chi connectivity index (χ4v) is 8.39. The second kappa shape index (κ2) is 16.1. The van der Waals surface area contributed by atoms with E-state index < -0.39 is 0 Å². The molecule has 1 aliphatic rings. The van der Waals surface area contributed by atoms with Gasteiger partial charge in [-0.05, 0) is 62.2 Å². The quantitative estimate of drug-likeness (QED) is 0.143. The van der Waals surface area contributed by atoms with Crippen molar-refractivity contribution in [2.75, 3.05) is 0 Å². The lowest BCUT2D eigenvalue weighted by molar-refractivity contribution is 0.985. The van der Waals surface area contributed by atoms with Gasteiger partial charge in [-0.15, -0.1) is 0 Å². The molecule has 6 nitrogen and oxygen atoms in total. The normalized spacial score (nSPS) is 12.6. The first kappa shape index (κ1) is 36.8. The van der Waals surface area contributed by atoms with Crippen LogP contribution in [0.2, 0.25) is 0 Å². The molecule has 0 aliphatic heterocycles. The van der Waals surface area contributed by atoms with E-state index in [4.69, 9.17) is 29.9 Å². The molecular formula is C56H38N6. The van der Waals surface area contributed by atoms with Crippen molar-refractivity contribution in [1.29, 1.82) is 0 Å². The zero-order valence-corrected chi connectivity index (χ0v) is 33.7. The van der Waals surface area contributed by atoms with Crippen LogP contribution in [0.25, 0.3) is 101 Å². The molecule has 62 heavy (non-hydrogen) atoms. The van der Waals surface area contributed by atoms with Crippen molar-refractivity contribution >= 4 is 32.7 Å². The molecule has 0 unspecified atom stereocenters. The first-order valence-corrected chi connectivity index (χ1v) is 20.9. The molecule has 1 aliphatic carbocycles. The Morgan fingerprint density at radius 1 is 0.226 bits per heavy atom. The molecule has 0 amide bonds. The van der Waals surface area contributed by atoms with Gasteiger partial charge >= 0.3 is 0 Å². The number of rotatable bonds is 8. The van der Waals surface area contributed by atoms with Gasteiger partial charge in [0.05, 0.1) is 0 Å². The third-order valence-corrected chi connectivity index (χ3v) is 11.6. The minimum absolute atomic E-state index is 0.641. The average molecular weight is 795 g/mol. The molecule has 0 saturated carbocycles. The average Bonchev–Trinajstić information content (AvgIpc) is 3.37. The van der Waals surface area contributed by atoms with Gasteiger partial charge in [-0.3, -0.25) is 0 Å². The van der Waals surface area contributed by atoms with Crippen molar-refractivity contribution in [3.63, 3.8) is 0 Å². The second-order valence-electron chi connectivity index (χ2n) is 15.4. The minimum atomic E-state index is 0.641. The largest absolute Gasteiger partial charge is 0.209 e. The van der Waals surface area contributed by atoms with Gasteiger partial charge in [0, 0.05) is 27.8 Å². The van der Waals surface area contributed by atoms with E-state index in [1.807, 2.05) is 121 Å². The van der Waals surface area contributed by atoms with Gasteiger partial charge < -0.3 is 0 Å². The number of hydrogen-bond donors (Lipinski definition) is 0. The van der Waals surface area contributed by atoms with Crippen LogP contribution in [-0.2, 0) is 0 Å². The molecule has 292 valence electrons. The Balaban J connectivity index is 0.923. The van der Waals surface area contributed by atoms with E-state index in [1.165, 1.54) is 38.2 Å². The van der Waals surface area contributed by atoms with E-state index >= 15 is 0 Å². The lowest BCUT2D eigenvalue weighted by atomic mass is 9.88. The highest BCUT2D eigenvalue weighted by atomic mass is 15.0. The van der Waals surface area contributed by atoms with E-state index in [0.29, 0.717) is 29.1 Å². The molecular weight excluding hydrogens is 757 g/mol. The highest BCUT2D eigenvalue weighted by Crippen LogP contribution is 2.39. The summed E-state index contributed by atoms with van der Waals surface area (Å²) >= 11 is 0. The monoisotopic (exact) mass is 794 g/mol. The highest BCUT2D eigenvalue weighted by molar-refractivity contribution is 6.14.